The number of fused-ring (bicyclic) bond motifs is 2. The normalized spacial score (nSPS) is 11.0. The van der Waals surface area contributed by atoms with Crippen molar-refractivity contribution in [2.24, 2.45) is 0 Å². The third-order valence-corrected chi connectivity index (χ3v) is 3.52. The van der Waals surface area contributed by atoms with Gasteiger partial charge in [0.05, 0.1) is 0 Å². The van der Waals surface area contributed by atoms with E-state index >= 15 is 0 Å². The monoisotopic (exact) mass is 230 g/mol. The van der Waals surface area contributed by atoms with Gasteiger partial charge in [-0.25, -0.2) is 4.98 Å². The molecule has 4 heteroatoms. The molecule has 3 rings (SSSR count). The highest BCUT2D eigenvalue weighted by molar-refractivity contribution is 7.21. The molecule has 0 radical (unpaired) electrons. The summed E-state index contributed by atoms with van der Waals surface area (Å²) in [6, 6.07) is 10.1. The van der Waals surface area contributed by atoms with Crippen LogP contribution in [0.4, 0.5) is 0 Å². The highest BCUT2D eigenvalue weighted by Crippen LogP contribution is 2.28. The second-order valence-electron chi connectivity index (χ2n) is 3.57. The molecule has 2 N–H and O–H groups in total. The predicted octanol–water partition coefficient (Wildman–Crippen LogP) is 1.89. The van der Waals surface area contributed by atoms with Crippen molar-refractivity contribution in [2.75, 3.05) is 0 Å². The Morgan fingerprint density at radius 1 is 1.12 bits per heavy atom. The van der Waals surface area contributed by atoms with E-state index in [2.05, 4.69) is 4.98 Å². The molecule has 0 spiro atoms. The number of aromatic hydroxyl groups is 1. The molecule has 1 aliphatic heterocycles. The highest BCUT2D eigenvalue weighted by Gasteiger charge is 2.13. The van der Waals surface area contributed by atoms with Gasteiger partial charge in [0.15, 0.2) is 5.43 Å². The van der Waals surface area contributed by atoms with Crippen LogP contribution in [0.5, 0.6) is 5.75 Å². The van der Waals surface area contributed by atoms with Crippen molar-refractivity contribution in [3.63, 3.8) is 0 Å². The maximum atomic E-state index is 11.2. The Hall–Kier alpha value is -1.94. The number of H-pyrrole nitrogens is 1. The number of phenolic OH excluding ortho intramolecular Hbond substituents is 1. The van der Waals surface area contributed by atoms with Crippen molar-refractivity contribution in [3.8, 4) is 16.3 Å². The van der Waals surface area contributed by atoms with Gasteiger partial charge in [-0.1, -0.05) is 0 Å². The molecule has 1 heterocycles. The van der Waals surface area contributed by atoms with E-state index < -0.39 is 0 Å². The second-order valence-corrected chi connectivity index (χ2v) is 4.65. The standard InChI is InChI=1S/C12H7NO2S/c14-7-1-3-9-11(5-7)16-12-6-8(15)2-4-10(12)13-9/h1-6,14H/p+1. The maximum absolute atomic E-state index is 11.2. The number of hydrogen-bond acceptors (Lipinski definition) is 3. The van der Waals surface area contributed by atoms with Crippen LogP contribution in [0, 0.1) is 0 Å². The van der Waals surface area contributed by atoms with E-state index in [1.54, 1.807) is 24.3 Å². The van der Waals surface area contributed by atoms with Crippen LogP contribution in [0.15, 0.2) is 41.2 Å². The van der Waals surface area contributed by atoms with Gasteiger partial charge in [0.2, 0.25) is 11.2 Å². The first-order valence-corrected chi connectivity index (χ1v) is 5.63. The molecule has 1 aliphatic carbocycles. The van der Waals surface area contributed by atoms with E-state index in [1.165, 1.54) is 17.4 Å². The molecular weight excluding hydrogens is 222 g/mol. The first kappa shape index (κ1) is 9.30. The van der Waals surface area contributed by atoms with Gasteiger partial charge in [-0.05, 0) is 12.1 Å². The third kappa shape index (κ3) is 1.44. The first-order valence-electron chi connectivity index (χ1n) is 4.81. The highest BCUT2D eigenvalue weighted by atomic mass is 32.1. The molecular formula is C12H8NO2S+. The molecule has 0 unspecified atom stereocenters. The van der Waals surface area contributed by atoms with Crippen molar-refractivity contribution in [2.45, 2.75) is 0 Å². The van der Waals surface area contributed by atoms with Gasteiger partial charge in [-0.2, -0.15) is 0 Å². The molecule has 0 fully saturated rings. The lowest BCUT2D eigenvalue weighted by molar-refractivity contribution is -0.330. The van der Waals surface area contributed by atoms with E-state index in [-0.39, 0.29) is 11.2 Å². The Bertz CT molecular complexity index is 705. The Labute approximate surface area is 95.0 Å². The second kappa shape index (κ2) is 3.28. The molecule has 2 aliphatic rings. The average Bonchev–Trinajstić information content (AvgIpc) is 2.26. The Balaban J connectivity index is 2.46. The Morgan fingerprint density at radius 3 is 2.88 bits per heavy atom. The van der Waals surface area contributed by atoms with Crippen LogP contribution in [0.25, 0.3) is 20.8 Å². The van der Waals surface area contributed by atoms with Gasteiger partial charge < -0.3 is 5.11 Å². The zero-order valence-corrected chi connectivity index (χ0v) is 9.04. The van der Waals surface area contributed by atoms with Gasteiger partial charge in [0, 0.05) is 24.3 Å². The van der Waals surface area contributed by atoms with Crippen molar-refractivity contribution in [3.05, 3.63) is 46.6 Å². The van der Waals surface area contributed by atoms with Gasteiger partial charge in [-0.15, -0.1) is 11.3 Å². The molecule has 0 bridgehead atoms. The number of phenols is 1. The molecule has 1 aromatic rings. The largest absolute Gasteiger partial charge is 0.508 e. The van der Waals surface area contributed by atoms with Gasteiger partial charge in [-0.3, -0.25) is 4.79 Å². The molecule has 0 atom stereocenters. The fourth-order valence-corrected chi connectivity index (χ4v) is 2.70. The van der Waals surface area contributed by atoms with Crippen LogP contribution in [0.2, 0.25) is 0 Å². The van der Waals surface area contributed by atoms with Crippen molar-refractivity contribution >= 4 is 21.6 Å². The topological polar surface area (TPSA) is 51.4 Å². The Kier molecular flexibility index (Phi) is 1.91. The minimum absolute atomic E-state index is 0.00310. The third-order valence-electron chi connectivity index (χ3n) is 2.41. The van der Waals surface area contributed by atoms with Gasteiger partial charge in [0.1, 0.15) is 15.3 Å². The Morgan fingerprint density at radius 2 is 2.00 bits per heavy atom. The summed E-state index contributed by atoms with van der Waals surface area (Å²) < 4.78 is 0.929. The summed E-state index contributed by atoms with van der Waals surface area (Å²) in [6.45, 7) is 0. The number of benzene rings is 2. The van der Waals surface area contributed by atoms with Crippen LogP contribution >= 0.6 is 11.3 Å². The fourth-order valence-electron chi connectivity index (χ4n) is 1.65. The molecule has 0 aromatic heterocycles. The minimum atomic E-state index is -0.00310. The van der Waals surface area contributed by atoms with Crippen molar-refractivity contribution in [1.82, 2.24) is 0 Å². The molecule has 16 heavy (non-hydrogen) atoms. The van der Waals surface area contributed by atoms with E-state index in [0.29, 0.717) is 0 Å². The van der Waals surface area contributed by atoms with E-state index in [4.69, 9.17) is 0 Å². The number of aromatic nitrogens is 1. The van der Waals surface area contributed by atoms with Crippen LogP contribution in [-0.4, -0.2) is 5.11 Å². The summed E-state index contributed by atoms with van der Waals surface area (Å²) in [5.74, 6) is 0.231. The van der Waals surface area contributed by atoms with Crippen LogP contribution in [0.1, 0.15) is 0 Å². The quantitative estimate of drug-likeness (QED) is 0.599. The summed E-state index contributed by atoms with van der Waals surface area (Å²) in [6.07, 6.45) is 0. The zero-order valence-electron chi connectivity index (χ0n) is 8.23. The summed E-state index contributed by atoms with van der Waals surface area (Å²) in [4.78, 5) is 15.3. The van der Waals surface area contributed by atoms with E-state index in [1.807, 2.05) is 6.07 Å². The van der Waals surface area contributed by atoms with Gasteiger partial charge in [0.25, 0.3) is 0 Å². The smallest absolute Gasteiger partial charge is 0.221 e. The minimum Gasteiger partial charge on any atom is -0.508 e. The predicted molar refractivity (Wildman–Crippen MR) is 62.9 cm³/mol. The zero-order chi connectivity index (χ0) is 11.1. The van der Waals surface area contributed by atoms with Crippen molar-refractivity contribution in [1.29, 1.82) is 0 Å². The number of rotatable bonds is 0. The summed E-state index contributed by atoms with van der Waals surface area (Å²) >= 11 is 1.49. The number of nitrogens with one attached hydrogen (secondary N) is 1. The van der Waals surface area contributed by atoms with Crippen LogP contribution in [-0.2, 0) is 0 Å². The number of aromatic amines is 1. The molecule has 0 amide bonds. The molecule has 0 saturated carbocycles. The lowest BCUT2D eigenvalue weighted by atomic mass is 10.2. The van der Waals surface area contributed by atoms with E-state index in [9.17, 15) is 9.90 Å². The fraction of sp³-hybridized carbons (Fsp3) is 0. The number of hydrogen-bond donors (Lipinski definition) is 1. The van der Waals surface area contributed by atoms with Crippen LogP contribution in [0.3, 0.4) is 0 Å². The summed E-state index contributed by atoms with van der Waals surface area (Å²) in [5, 5.41) is 9.39. The lowest BCUT2D eigenvalue weighted by Gasteiger charge is -1.99. The average molecular weight is 230 g/mol. The maximum Gasteiger partial charge on any atom is 0.221 e. The van der Waals surface area contributed by atoms with Gasteiger partial charge >= 0.3 is 0 Å². The molecule has 3 nitrogen and oxygen atoms in total. The first-order chi connectivity index (χ1) is 7.72. The summed E-state index contributed by atoms with van der Waals surface area (Å²) in [5.41, 5.74) is 1.88. The van der Waals surface area contributed by atoms with Crippen molar-refractivity contribution < 1.29 is 10.1 Å². The lowest BCUT2D eigenvalue weighted by Crippen LogP contribution is -2.10. The summed E-state index contributed by atoms with van der Waals surface area (Å²) in [7, 11) is 0. The van der Waals surface area contributed by atoms with E-state index in [0.717, 1.165) is 20.8 Å². The van der Waals surface area contributed by atoms with Crippen LogP contribution < -0.4 is 10.4 Å². The molecule has 1 aromatic carbocycles. The molecule has 0 saturated heterocycles. The SMILES string of the molecule is O=c1ccc2[nH+]c3ccc(O)cc3sc-2c1. The molecule has 78 valence electrons.